The molecule has 74 valence electrons. The first-order valence-corrected chi connectivity index (χ1v) is 4.02. The van der Waals surface area contributed by atoms with Crippen LogP contribution in [0.5, 0.6) is 0 Å². The lowest BCUT2D eigenvalue weighted by Crippen LogP contribution is -2.38. The van der Waals surface area contributed by atoms with Crippen molar-refractivity contribution >= 4 is 5.91 Å². The van der Waals surface area contributed by atoms with Gasteiger partial charge >= 0.3 is 12.1 Å². The van der Waals surface area contributed by atoms with Gasteiger partial charge in [0.2, 0.25) is 0 Å². The quantitative estimate of drug-likeness (QED) is 0.663. The van der Waals surface area contributed by atoms with E-state index in [-0.39, 0.29) is 12.5 Å². The zero-order valence-corrected chi connectivity index (χ0v) is 6.90. The molecule has 0 heterocycles. The normalized spacial score (nSPS) is 21.9. The molecule has 0 radical (unpaired) electrons. The van der Waals surface area contributed by atoms with Crippen molar-refractivity contribution < 1.29 is 18.0 Å². The maximum atomic E-state index is 11.7. The van der Waals surface area contributed by atoms with E-state index < -0.39 is 12.1 Å². The molecule has 0 aromatic carbocycles. The van der Waals surface area contributed by atoms with Crippen molar-refractivity contribution in [2.24, 2.45) is 5.92 Å². The molecule has 0 fully saturated rings. The van der Waals surface area contributed by atoms with E-state index in [4.69, 9.17) is 0 Å². The highest BCUT2D eigenvalue weighted by Gasteiger charge is 2.38. The summed E-state index contributed by atoms with van der Waals surface area (Å²) in [5.41, 5.74) is 0. The molecule has 1 amide bonds. The number of hydrogen-bond acceptors (Lipinski definition) is 1. The standard InChI is InChI=1S/C8H10F3NO/c9-8(10,11)7(13)12-5-6-3-1-2-4-6/h1,3,6H,2,4-5H2,(H,12,13). The number of carbonyl (C=O) groups is 1. The first-order chi connectivity index (χ1) is 6.00. The van der Waals surface area contributed by atoms with Gasteiger partial charge in [0.25, 0.3) is 0 Å². The average Bonchev–Trinajstić information content (AvgIpc) is 2.50. The maximum Gasteiger partial charge on any atom is 0.471 e. The topological polar surface area (TPSA) is 29.1 Å². The van der Waals surface area contributed by atoms with Crippen molar-refractivity contribution in [3.8, 4) is 0 Å². The van der Waals surface area contributed by atoms with Gasteiger partial charge in [0.1, 0.15) is 0 Å². The molecule has 1 aliphatic rings. The Kier molecular flexibility index (Phi) is 2.95. The van der Waals surface area contributed by atoms with Crippen molar-refractivity contribution in [1.29, 1.82) is 0 Å². The number of carbonyl (C=O) groups excluding carboxylic acids is 1. The third-order valence-electron chi connectivity index (χ3n) is 1.89. The van der Waals surface area contributed by atoms with Crippen LogP contribution in [-0.4, -0.2) is 18.6 Å². The molecule has 1 aliphatic carbocycles. The van der Waals surface area contributed by atoms with Crippen LogP contribution < -0.4 is 5.32 Å². The summed E-state index contributed by atoms with van der Waals surface area (Å²) in [6.45, 7) is 0.0782. The smallest absolute Gasteiger partial charge is 0.348 e. The molecule has 5 heteroatoms. The first kappa shape index (κ1) is 10.1. The Hall–Kier alpha value is -1.00. The van der Waals surface area contributed by atoms with E-state index in [0.29, 0.717) is 0 Å². The van der Waals surface area contributed by atoms with E-state index in [1.807, 2.05) is 17.5 Å². The van der Waals surface area contributed by atoms with E-state index in [0.717, 1.165) is 12.8 Å². The van der Waals surface area contributed by atoms with Crippen LogP contribution >= 0.6 is 0 Å². The number of amides is 1. The van der Waals surface area contributed by atoms with E-state index >= 15 is 0 Å². The second-order valence-electron chi connectivity index (χ2n) is 2.97. The number of nitrogens with one attached hydrogen (secondary N) is 1. The zero-order chi connectivity index (χ0) is 9.90. The first-order valence-electron chi connectivity index (χ1n) is 4.02. The van der Waals surface area contributed by atoms with Crippen molar-refractivity contribution in [2.75, 3.05) is 6.54 Å². The molecular weight excluding hydrogens is 183 g/mol. The molecular formula is C8H10F3NO. The Labute approximate surface area is 73.8 Å². The molecule has 0 saturated carbocycles. The minimum Gasteiger partial charge on any atom is -0.348 e. The van der Waals surface area contributed by atoms with Crippen LogP contribution in [0.1, 0.15) is 12.8 Å². The zero-order valence-electron chi connectivity index (χ0n) is 6.90. The SMILES string of the molecule is O=C(NCC1C=CCC1)C(F)(F)F. The summed E-state index contributed by atoms with van der Waals surface area (Å²) in [7, 11) is 0. The van der Waals surface area contributed by atoms with Crippen molar-refractivity contribution in [2.45, 2.75) is 19.0 Å². The minimum absolute atomic E-state index is 0.0614. The highest BCUT2D eigenvalue weighted by molar-refractivity contribution is 5.81. The Morgan fingerprint density at radius 1 is 1.54 bits per heavy atom. The summed E-state index contributed by atoms with van der Waals surface area (Å²) in [5.74, 6) is -1.79. The highest BCUT2D eigenvalue weighted by Crippen LogP contribution is 2.17. The molecule has 13 heavy (non-hydrogen) atoms. The average molecular weight is 193 g/mol. The van der Waals surface area contributed by atoms with Gasteiger partial charge in [0, 0.05) is 6.54 Å². The molecule has 0 bridgehead atoms. The van der Waals surface area contributed by atoms with Gasteiger partial charge in [-0.2, -0.15) is 13.2 Å². The van der Waals surface area contributed by atoms with Gasteiger partial charge in [-0.3, -0.25) is 4.79 Å². The molecule has 0 aromatic heterocycles. The van der Waals surface area contributed by atoms with Gasteiger partial charge in [0.15, 0.2) is 0 Å². The predicted molar refractivity (Wildman–Crippen MR) is 40.9 cm³/mol. The molecule has 1 N–H and O–H groups in total. The Balaban J connectivity index is 2.26. The highest BCUT2D eigenvalue weighted by atomic mass is 19.4. The molecule has 1 rings (SSSR count). The number of rotatable bonds is 2. The van der Waals surface area contributed by atoms with Crippen LogP contribution in [-0.2, 0) is 4.79 Å². The number of halogens is 3. The lowest BCUT2D eigenvalue weighted by Gasteiger charge is -2.10. The lowest BCUT2D eigenvalue weighted by atomic mass is 10.1. The van der Waals surface area contributed by atoms with Crippen molar-refractivity contribution in [1.82, 2.24) is 5.32 Å². The summed E-state index contributed by atoms with van der Waals surface area (Å²) in [6, 6.07) is 0. The van der Waals surface area contributed by atoms with E-state index in [9.17, 15) is 18.0 Å². The molecule has 0 aliphatic heterocycles. The fraction of sp³-hybridized carbons (Fsp3) is 0.625. The van der Waals surface area contributed by atoms with Gasteiger partial charge in [-0.1, -0.05) is 12.2 Å². The summed E-state index contributed by atoms with van der Waals surface area (Å²) in [5, 5.41) is 1.85. The second-order valence-corrected chi connectivity index (χ2v) is 2.97. The second kappa shape index (κ2) is 3.81. The number of hydrogen-bond donors (Lipinski definition) is 1. The van der Waals surface area contributed by atoms with Gasteiger partial charge < -0.3 is 5.32 Å². The number of allylic oxidation sites excluding steroid dienone is 1. The van der Waals surface area contributed by atoms with Crippen molar-refractivity contribution in [3.05, 3.63) is 12.2 Å². The van der Waals surface area contributed by atoms with Crippen LogP contribution in [0.25, 0.3) is 0 Å². The summed E-state index contributed by atoms with van der Waals surface area (Å²) in [4.78, 5) is 10.4. The third kappa shape index (κ3) is 3.08. The molecule has 1 atom stereocenters. The van der Waals surface area contributed by atoms with Gasteiger partial charge in [-0.25, -0.2) is 0 Å². The number of alkyl halides is 3. The largest absolute Gasteiger partial charge is 0.471 e. The molecule has 1 unspecified atom stereocenters. The van der Waals surface area contributed by atoms with Crippen molar-refractivity contribution in [3.63, 3.8) is 0 Å². The fourth-order valence-corrected chi connectivity index (χ4v) is 1.19. The van der Waals surface area contributed by atoms with Crippen LogP contribution in [0.15, 0.2) is 12.2 Å². The summed E-state index contributed by atoms with van der Waals surface area (Å²) in [6.07, 6.45) is 0.675. The van der Waals surface area contributed by atoms with Crippen LogP contribution in [0, 0.1) is 5.92 Å². The molecule has 0 aromatic rings. The fourth-order valence-electron chi connectivity index (χ4n) is 1.19. The maximum absolute atomic E-state index is 11.7. The van der Waals surface area contributed by atoms with Gasteiger partial charge in [0.05, 0.1) is 0 Å². The molecule has 0 spiro atoms. The van der Waals surface area contributed by atoms with E-state index in [1.54, 1.807) is 0 Å². The minimum atomic E-state index is -4.76. The van der Waals surface area contributed by atoms with Gasteiger partial charge in [-0.05, 0) is 18.8 Å². The summed E-state index contributed by atoms with van der Waals surface area (Å²) < 4.78 is 35.1. The monoisotopic (exact) mass is 193 g/mol. The molecule has 2 nitrogen and oxygen atoms in total. The Bertz CT molecular complexity index is 222. The van der Waals surface area contributed by atoms with E-state index in [2.05, 4.69) is 0 Å². The van der Waals surface area contributed by atoms with Crippen LogP contribution in [0.2, 0.25) is 0 Å². The van der Waals surface area contributed by atoms with Crippen LogP contribution in [0.4, 0.5) is 13.2 Å². The Morgan fingerprint density at radius 2 is 2.23 bits per heavy atom. The summed E-state index contributed by atoms with van der Waals surface area (Å²) >= 11 is 0. The van der Waals surface area contributed by atoms with Crippen LogP contribution in [0.3, 0.4) is 0 Å². The third-order valence-corrected chi connectivity index (χ3v) is 1.89. The lowest BCUT2D eigenvalue weighted by molar-refractivity contribution is -0.173. The molecule has 0 saturated heterocycles. The predicted octanol–water partition coefficient (Wildman–Crippen LogP) is 1.63. The van der Waals surface area contributed by atoms with E-state index in [1.165, 1.54) is 0 Å². The Morgan fingerprint density at radius 3 is 2.69 bits per heavy atom. The van der Waals surface area contributed by atoms with Gasteiger partial charge in [-0.15, -0.1) is 0 Å².